The molecule has 0 aromatic heterocycles. The standard InChI is InChI=1S/C16H16FNO2/c1-10-3-4-11(2)12(7-10)9-20-16(19)14-8-13(18)5-6-15(14)17/h3-8H,9,18H2,1-2H3. The predicted molar refractivity (Wildman–Crippen MR) is 75.8 cm³/mol. The molecule has 0 aliphatic heterocycles. The van der Waals surface area contributed by atoms with E-state index in [2.05, 4.69) is 0 Å². The lowest BCUT2D eigenvalue weighted by atomic mass is 10.1. The first-order valence-electron chi connectivity index (χ1n) is 6.25. The third kappa shape index (κ3) is 3.15. The number of hydrogen-bond acceptors (Lipinski definition) is 3. The van der Waals surface area contributed by atoms with Gasteiger partial charge >= 0.3 is 5.97 Å². The number of carbonyl (C=O) groups is 1. The second-order valence-corrected chi connectivity index (χ2v) is 4.75. The summed E-state index contributed by atoms with van der Waals surface area (Å²) in [6.07, 6.45) is 0. The molecule has 4 heteroatoms. The smallest absolute Gasteiger partial charge is 0.341 e. The van der Waals surface area contributed by atoms with Gasteiger partial charge in [0.1, 0.15) is 12.4 Å². The molecule has 0 fully saturated rings. The summed E-state index contributed by atoms with van der Waals surface area (Å²) in [4.78, 5) is 11.9. The largest absolute Gasteiger partial charge is 0.457 e. The fourth-order valence-corrected chi connectivity index (χ4v) is 1.88. The Morgan fingerprint density at radius 2 is 1.95 bits per heavy atom. The summed E-state index contributed by atoms with van der Waals surface area (Å²) in [6, 6.07) is 9.72. The first kappa shape index (κ1) is 14.1. The SMILES string of the molecule is Cc1ccc(C)c(COC(=O)c2cc(N)ccc2F)c1. The molecule has 0 unspecified atom stereocenters. The average molecular weight is 273 g/mol. The Bertz CT molecular complexity index is 653. The number of halogens is 1. The maximum absolute atomic E-state index is 13.5. The fourth-order valence-electron chi connectivity index (χ4n) is 1.88. The zero-order valence-electron chi connectivity index (χ0n) is 11.4. The van der Waals surface area contributed by atoms with Crippen molar-refractivity contribution >= 4 is 11.7 Å². The molecular weight excluding hydrogens is 257 g/mol. The highest BCUT2D eigenvalue weighted by Crippen LogP contribution is 2.16. The Labute approximate surface area is 117 Å². The minimum Gasteiger partial charge on any atom is -0.457 e. The highest BCUT2D eigenvalue weighted by atomic mass is 19.1. The van der Waals surface area contributed by atoms with Crippen LogP contribution in [0.3, 0.4) is 0 Å². The summed E-state index contributed by atoms with van der Waals surface area (Å²) in [7, 11) is 0. The first-order chi connectivity index (χ1) is 9.47. The van der Waals surface area contributed by atoms with Gasteiger partial charge in [0.25, 0.3) is 0 Å². The van der Waals surface area contributed by atoms with Crippen molar-refractivity contribution in [3.63, 3.8) is 0 Å². The van der Waals surface area contributed by atoms with Gasteiger partial charge in [-0.2, -0.15) is 0 Å². The monoisotopic (exact) mass is 273 g/mol. The second kappa shape index (κ2) is 5.74. The number of nitrogens with two attached hydrogens (primary N) is 1. The molecule has 0 aliphatic rings. The van der Waals surface area contributed by atoms with Crippen LogP contribution in [-0.4, -0.2) is 5.97 Å². The maximum atomic E-state index is 13.5. The number of rotatable bonds is 3. The van der Waals surface area contributed by atoms with Crippen LogP contribution in [-0.2, 0) is 11.3 Å². The normalized spacial score (nSPS) is 10.3. The van der Waals surface area contributed by atoms with Gasteiger partial charge in [0.05, 0.1) is 5.56 Å². The number of ether oxygens (including phenoxy) is 1. The number of anilines is 1. The predicted octanol–water partition coefficient (Wildman–Crippen LogP) is 3.38. The number of esters is 1. The Morgan fingerprint density at radius 3 is 2.70 bits per heavy atom. The maximum Gasteiger partial charge on any atom is 0.341 e. The van der Waals surface area contributed by atoms with Crippen LogP contribution in [0, 0.1) is 19.7 Å². The third-order valence-electron chi connectivity index (χ3n) is 3.07. The molecule has 20 heavy (non-hydrogen) atoms. The van der Waals surface area contributed by atoms with Crippen LogP contribution in [0.15, 0.2) is 36.4 Å². The molecule has 0 heterocycles. The number of benzene rings is 2. The number of aryl methyl sites for hydroxylation is 2. The summed E-state index contributed by atoms with van der Waals surface area (Å²) in [5.41, 5.74) is 8.73. The van der Waals surface area contributed by atoms with Gasteiger partial charge in [0.2, 0.25) is 0 Å². The number of hydrogen-bond donors (Lipinski definition) is 1. The zero-order chi connectivity index (χ0) is 14.7. The van der Waals surface area contributed by atoms with Crippen molar-refractivity contribution in [2.24, 2.45) is 0 Å². The highest BCUT2D eigenvalue weighted by Gasteiger charge is 2.14. The summed E-state index contributed by atoms with van der Waals surface area (Å²) in [5.74, 6) is -1.35. The number of nitrogen functional groups attached to an aromatic ring is 1. The molecule has 0 aliphatic carbocycles. The van der Waals surface area contributed by atoms with Crippen molar-refractivity contribution in [2.45, 2.75) is 20.5 Å². The molecule has 0 saturated heterocycles. The lowest BCUT2D eigenvalue weighted by molar-refractivity contribution is 0.0466. The molecule has 0 saturated carbocycles. The van der Waals surface area contributed by atoms with E-state index in [1.165, 1.54) is 12.1 Å². The Morgan fingerprint density at radius 1 is 1.20 bits per heavy atom. The van der Waals surface area contributed by atoms with Crippen molar-refractivity contribution in [1.82, 2.24) is 0 Å². The molecule has 3 nitrogen and oxygen atoms in total. The second-order valence-electron chi connectivity index (χ2n) is 4.75. The van der Waals surface area contributed by atoms with Crippen LogP contribution in [0.2, 0.25) is 0 Å². The molecule has 0 radical (unpaired) electrons. The van der Waals surface area contributed by atoms with E-state index in [4.69, 9.17) is 10.5 Å². The van der Waals surface area contributed by atoms with E-state index in [1.54, 1.807) is 0 Å². The summed E-state index contributed by atoms with van der Waals surface area (Å²) >= 11 is 0. The molecule has 2 aromatic rings. The molecule has 2 N–H and O–H groups in total. The van der Waals surface area contributed by atoms with Crippen molar-refractivity contribution in [3.8, 4) is 0 Å². The molecule has 0 atom stereocenters. The van der Waals surface area contributed by atoms with Crippen LogP contribution in [0.1, 0.15) is 27.0 Å². The molecule has 104 valence electrons. The summed E-state index contributed by atoms with van der Waals surface area (Å²) in [6.45, 7) is 4.01. The molecular formula is C16H16FNO2. The molecule has 0 bridgehead atoms. The number of carbonyl (C=O) groups excluding carboxylic acids is 1. The van der Waals surface area contributed by atoms with Gasteiger partial charge in [-0.1, -0.05) is 23.8 Å². The van der Waals surface area contributed by atoms with Crippen molar-refractivity contribution in [1.29, 1.82) is 0 Å². The van der Waals surface area contributed by atoms with Crippen LogP contribution in [0.25, 0.3) is 0 Å². The van der Waals surface area contributed by atoms with Gasteiger partial charge in [0, 0.05) is 5.69 Å². The van der Waals surface area contributed by atoms with Gasteiger partial charge in [-0.25, -0.2) is 9.18 Å². The van der Waals surface area contributed by atoms with Gasteiger partial charge < -0.3 is 10.5 Å². The fraction of sp³-hybridized carbons (Fsp3) is 0.188. The van der Waals surface area contributed by atoms with Crippen LogP contribution >= 0.6 is 0 Å². The lowest BCUT2D eigenvalue weighted by Gasteiger charge is -2.09. The van der Waals surface area contributed by atoms with E-state index < -0.39 is 11.8 Å². The molecule has 0 amide bonds. The molecule has 2 rings (SSSR count). The topological polar surface area (TPSA) is 52.3 Å². The van der Waals surface area contributed by atoms with E-state index in [-0.39, 0.29) is 12.2 Å². The minimum atomic E-state index is -0.712. The minimum absolute atomic E-state index is 0.112. The van der Waals surface area contributed by atoms with E-state index in [0.29, 0.717) is 5.69 Å². The Balaban J connectivity index is 2.12. The first-order valence-corrected chi connectivity index (χ1v) is 6.25. The van der Waals surface area contributed by atoms with Gasteiger partial charge in [-0.15, -0.1) is 0 Å². The summed E-state index contributed by atoms with van der Waals surface area (Å²) in [5, 5.41) is 0. The Kier molecular flexibility index (Phi) is 4.03. The molecule has 2 aromatic carbocycles. The van der Waals surface area contributed by atoms with E-state index in [9.17, 15) is 9.18 Å². The van der Waals surface area contributed by atoms with Gasteiger partial charge in [-0.05, 0) is 43.2 Å². The van der Waals surface area contributed by atoms with Crippen molar-refractivity contribution in [2.75, 3.05) is 5.73 Å². The Hall–Kier alpha value is -2.36. The van der Waals surface area contributed by atoms with Crippen molar-refractivity contribution in [3.05, 3.63) is 64.5 Å². The average Bonchev–Trinajstić information content (AvgIpc) is 2.42. The summed E-state index contributed by atoms with van der Waals surface area (Å²) < 4.78 is 18.7. The highest BCUT2D eigenvalue weighted by molar-refractivity contribution is 5.90. The lowest BCUT2D eigenvalue weighted by Crippen LogP contribution is -2.09. The van der Waals surface area contributed by atoms with Gasteiger partial charge in [-0.3, -0.25) is 0 Å². The van der Waals surface area contributed by atoms with E-state index >= 15 is 0 Å². The van der Waals surface area contributed by atoms with E-state index in [1.807, 2.05) is 32.0 Å². The van der Waals surface area contributed by atoms with Crippen LogP contribution in [0.5, 0.6) is 0 Å². The zero-order valence-corrected chi connectivity index (χ0v) is 11.4. The van der Waals surface area contributed by atoms with Crippen molar-refractivity contribution < 1.29 is 13.9 Å². The molecule has 0 spiro atoms. The third-order valence-corrected chi connectivity index (χ3v) is 3.07. The quantitative estimate of drug-likeness (QED) is 0.689. The van der Waals surface area contributed by atoms with E-state index in [0.717, 1.165) is 22.8 Å². The van der Waals surface area contributed by atoms with Gasteiger partial charge in [0.15, 0.2) is 0 Å². The van der Waals surface area contributed by atoms with Crippen LogP contribution < -0.4 is 5.73 Å². The van der Waals surface area contributed by atoms with Crippen LogP contribution in [0.4, 0.5) is 10.1 Å².